The molecule has 0 aliphatic rings. The van der Waals surface area contributed by atoms with Gasteiger partial charge in [-0.25, -0.2) is 4.98 Å². The molecule has 1 atom stereocenters. The van der Waals surface area contributed by atoms with Gasteiger partial charge in [0.25, 0.3) is 0 Å². The summed E-state index contributed by atoms with van der Waals surface area (Å²) < 4.78 is 1.70. The average Bonchev–Trinajstić information content (AvgIpc) is 2.90. The van der Waals surface area contributed by atoms with Crippen molar-refractivity contribution in [1.29, 1.82) is 0 Å². The molecule has 0 aliphatic heterocycles. The van der Waals surface area contributed by atoms with E-state index in [2.05, 4.69) is 33.8 Å². The Balaban J connectivity index is 2.38. The zero-order valence-electron chi connectivity index (χ0n) is 10.8. The van der Waals surface area contributed by atoms with E-state index in [-0.39, 0.29) is 5.95 Å². The number of rotatable bonds is 4. The molecule has 0 saturated carbocycles. The summed E-state index contributed by atoms with van der Waals surface area (Å²) in [4.78, 5) is 18.6. The predicted molar refractivity (Wildman–Crippen MR) is 69.5 cm³/mol. The highest BCUT2D eigenvalue weighted by Crippen LogP contribution is 2.13. The summed E-state index contributed by atoms with van der Waals surface area (Å²) in [5, 5.41) is 0. The second kappa shape index (κ2) is 4.99. The molecule has 96 valence electrons. The number of nitrogen functional groups attached to an aromatic ring is 1. The van der Waals surface area contributed by atoms with Gasteiger partial charge in [-0.1, -0.05) is 6.92 Å². The Morgan fingerprint density at radius 2 is 2.17 bits per heavy atom. The van der Waals surface area contributed by atoms with Gasteiger partial charge in [-0.2, -0.15) is 15.0 Å². The first-order valence-electron chi connectivity index (χ1n) is 5.84. The predicted octanol–water partition coefficient (Wildman–Crippen LogP) is 0.874. The van der Waals surface area contributed by atoms with Crippen molar-refractivity contribution in [3.8, 4) is 5.95 Å². The molecule has 7 nitrogen and oxygen atoms in total. The molecule has 0 fully saturated rings. The van der Waals surface area contributed by atoms with Crippen LogP contribution in [0.5, 0.6) is 0 Å². The monoisotopic (exact) mass is 247 g/mol. The van der Waals surface area contributed by atoms with E-state index in [0.29, 0.717) is 17.9 Å². The van der Waals surface area contributed by atoms with E-state index < -0.39 is 0 Å². The van der Waals surface area contributed by atoms with Crippen molar-refractivity contribution in [2.45, 2.75) is 26.3 Å². The van der Waals surface area contributed by atoms with Crippen molar-refractivity contribution in [1.82, 2.24) is 24.5 Å². The molecule has 0 saturated heterocycles. The third kappa shape index (κ3) is 2.39. The van der Waals surface area contributed by atoms with Gasteiger partial charge in [0.2, 0.25) is 17.8 Å². The lowest BCUT2D eigenvalue weighted by Crippen LogP contribution is -2.30. The Labute approximate surface area is 106 Å². The molecule has 0 radical (unpaired) electrons. The molecule has 0 amide bonds. The quantitative estimate of drug-likeness (QED) is 0.863. The molecule has 0 spiro atoms. The van der Waals surface area contributed by atoms with Crippen LogP contribution < -0.4 is 10.6 Å². The van der Waals surface area contributed by atoms with Gasteiger partial charge in [-0.3, -0.25) is 4.57 Å². The maximum absolute atomic E-state index is 5.72. The van der Waals surface area contributed by atoms with Crippen LogP contribution in [0.4, 0.5) is 11.9 Å². The molecule has 2 N–H and O–H groups in total. The fourth-order valence-electron chi connectivity index (χ4n) is 1.49. The number of nitrogens with two attached hydrogens (primary N) is 1. The summed E-state index contributed by atoms with van der Waals surface area (Å²) in [5.74, 6) is 1.25. The van der Waals surface area contributed by atoms with Crippen molar-refractivity contribution in [3.05, 3.63) is 18.7 Å². The molecule has 0 aromatic carbocycles. The van der Waals surface area contributed by atoms with Crippen LogP contribution in [-0.4, -0.2) is 37.6 Å². The molecule has 1 unspecified atom stereocenters. The van der Waals surface area contributed by atoms with Gasteiger partial charge in [0.15, 0.2) is 0 Å². The fourth-order valence-corrected chi connectivity index (χ4v) is 1.49. The van der Waals surface area contributed by atoms with Crippen molar-refractivity contribution in [2.75, 3.05) is 17.7 Å². The Bertz CT molecular complexity index is 508. The number of imidazole rings is 1. The standard InChI is InChI=1S/C11H17N7/c1-4-8(2)17(3)10-14-9(12)15-11(16-10)18-6-5-13-7-18/h5-8H,4H2,1-3H3,(H2,12,14,15,16). The van der Waals surface area contributed by atoms with Gasteiger partial charge < -0.3 is 10.6 Å². The van der Waals surface area contributed by atoms with Gasteiger partial charge in [0.05, 0.1) is 0 Å². The van der Waals surface area contributed by atoms with E-state index >= 15 is 0 Å². The lowest BCUT2D eigenvalue weighted by atomic mass is 10.2. The first-order valence-corrected chi connectivity index (χ1v) is 5.84. The second-order valence-corrected chi connectivity index (χ2v) is 4.13. The minimum absolute atomic E-state index is 0.207. The van der Waals surface area contributed by atoms with Crippen LogP contribution in [-0.2, 0) is 0 Å². The molecule has 18 heavy (non-hydrogen) atoms. The molecule has 2 heterocycles. The lowest BCUT2D eigenvalue weighted by molar-refractivity contribution is 0.645. The van der Waals surface area contributed by atoms with Gasteiger partial charge >= 0.3 is 0 Å². The number of nitrogens with zero attached hydrogens (tertiary/aromatic N) is 6. The summed E-state index contributed by atoms with van der Waals surface area (Å²) >= 11 is 0. The SMILES string of the molecule is CCC(C)N(C)c1nc(N)nc(-n2ccnc2)n1. The van der Waals surface area contributed by atoms with E-state index in [1.165, 1.54) is 0 Å². The Morgan fingerprint density at radius 1 is 1.39 bits per heavy atom. The summed E-state index contributed by atoms with van der Waals surface area (Å²) in [6.45, 7) is 4.22. The number of anilines is 2. The molecular weight excluding hydrogens is 230 g/mol. The smallest absolute Gasteiger partial charge is 0.241 e. The van der Waals surface area contributed by atoms with Crippen LogP contribution in [0.3, 0.4) is 0 Å². The summed E-state index contributed by atoms with van der Waals surface area (Å²) in [7, 11) is 1.95. The highest BCUT2D eigenvalue weighted by atomic mass is 15.3. The maximum Gasteiger partial charge on any atom is 0.241 e. The van der Waals surface area contributed by atoms with Crippen LogP contribution in [0.1, 0.15) is 20.3 Å². The van der Waals surface area contributed by atoms with E-state index in [1.807, 2.05) is 11.9 Å². The van der Waals surface area contributed by atoms with Crippen LogP contribution in [0.2, 0.25) is 0 Å². The lowest BCUT2D eigenvalue weighted by Gasteiger charge is -2.23. The van der Waals surface area contributed by atoms with Gasteiger partial charge in [0, 0.05) is 25.5 Å². The van der Waals surface area contributed by atoms with Gasteiger partial charge in [-0.05, 0) is 13.3 Å². The van der Waals surface area contributed by atoms with Gasteiger partial charge in [-0.15, -0.1) is 0 Å². The number of aromatic nitrogens is 5. The Hall–Kier alpha value is -2.18. The Kier molecular flexibility index (Phi) is 3.40. The zero-order chi connectivity index (χ0) is 13.1. The zero-order valence-corrected chi connectivity index (χ0v) is 10.8. The normalized spacial score (nSPS) is 12.4. The molecule has 0 aliphatic carbocycles. The minimum atomic E-state index is 0.207. The molecular formula is C11H17N7. The molecule has 0 bridgehead atoms. The van der Waals surface area contributed by atoms with Gasteiger partial charge in [0.1, 0.15) is 6.33 Å². The molecule has 2 rings (SSSR count). The van der Waals surface area contributed by atoms with Crippen LogP contribution in [0.25, 0.3) is 5.95 Å². The topological polar surface area (TPSA) is 85.8 Å². The largest absolute Gasteiger partial charge is 0.368 e. The molecule has 2 aromatic rings. The maximum atomic E-state index is 5.72. The second-order valence-electron chi connectivity index (χ2n) is 4.13. The van der Waals surface area contributed by atoms with Crippen molar-refractivity contribution >= 4 is 11.9 Å². The summed E-state index contributed by atoms with van der Waals surface area (Å²) in [6.07, 6.45) is 6.06. The van der Waals surface area contributed by atoms with Crippen molar-refractivity contribution in [2.24, 2.45) is 0 Å². The van der Waals surface area contributed by atoms with Crippen LogP contribution >= 0.6 is 0 Å². The summed E-state index contributed by atoms with van der Waals surface area (Å²) in [5.41, 5.74) is 5.72. The highest BCUT2D eigenvalue weighted by Gasteiger charge is 2.13. The fraction of sp³-hybridized carbons (Fsp3) is 0.455. The third-order valence-corrected chi connectivity index (χ3v) is 2.93. The number of hydrogen-bond acceptors (Lipinski definition) is 6. The third-order valence-electron chi connectivity index (χ3n) is 2.93. The van der Waals surface area contributed by atoms with Crippen molar-refractivity contribution in [3.63, 3.8) is 0 Å². The number of hydrogen-bond donors (Lipinski definition) is 1. The molecule has 7 heteroatoms. The van der Waals surface area contributed by atoms with E-state index in [4.69, 9.17) is 5.73 Å². The van der Waals surface area contributed by atoms with Crippen LogP contribution in [0.15, 0.2) is 18.7 Å². The van der Waals surface area contributed by atoms with Crippen LogP contribution in [0, 0.1) is 0 Å². The minimum Gasteiger partial charge on any atom is -0.368 e. The van der Waals surface area contributed by atoms with Crippen molar-refractivity contribution < 1.29 is 0 Å². The van der Waals surface area contributed by atoms with E-state index in [9.17, 15) is 0 Å². The highest BCUT2D eigenvalue weighted by molar-refractivity contribution is 5.37. The first kappa shape index (κ1) is 12.3. The van der Waals surface area contributed by atoms with E-state index in [0.717, 1.165) is 6.42 Å². The van der Waals surface area contributed by atoms with E-state index in [1.54, 1.807) is 23.3 Å². The average molecular weight is 247 g/mol. The summed E-state index contributed by atoms with van der Waals surface area (Å²) in [6, 6.07) is 0.336. The first-order chi connectivity index (χ1) is 8.61. The Morgan fingerprint density at radius 3 is 2.78 bits per heavy atom. The molecule has 2 aromatic heterocycles.